The van der Waals surface area contributed by atoms with E-state index in [1.807, 2.05) is 26.0 Å². The highest BCUT2D eigenvalue weighted by Gasteiger charge is 2.30. The third-order valence-corrected chi connectivity index (χ3v) is 5.30. The van der Waals surface area contributed by atoms with Crippen LogP contribution in [-0.2, 0) is 6.18 Å². The van der Waals surface area contributed by atoms with Crippen molar-refractivity contribution in [3.05, 3.63) is 54.0 Å². The molecule has 0 atom stereocenters. The molecule has 0 saturated carbocycles. The summed E-state index contributed by atoms with van der Waals surface area (Å²) in [6, 6.07) is 7.78. The predicted octanol–water partition coefficient (Wildman–Crippen LogP) is 4.63. The van der Waals surface area contributed by atoms with E-state index >= 15 is 0 Å². The first-order chi connectivity index (χ1) is 15.7. The summed E-state index contributed by atoms with van der Waals surface area (Å²) in [7, 11) is 0. The van der Waals surface area contributed by atoms with E-state index in [-0.39, 0.29) is 11.9 Å². The minimum absolute atomic E-state index is 0.145. The molecule has 2 aromatic heterocycles. The van der Waals surface area contributed by atoms with Gasteiger partial charge in [0, 0.05) is 49.5 Å². The van der Waals surface area contributed by atoms with Gasteiger partial charge in [0.1, 0.15) is 5.82 Å². The van der Waals surface area contributed by atoms with Crippen LogP contribution in [0.1, 0.15) is 31.2 Å². The van der Waals surface area contributed by atoms with Crippen LogP contribution in [0.15, 0.2) is 47.1 Å². The van der Waals surface area contributed by atoms with Crippen LogP contribution in [0.4, 0.5) is 29.5 Å². The minimum atomic E-state index is -4.41. The van der Waals surface area contributed by atoms with Crippen LogP contribution in [0.25, 0.3) is 11.4 Å². The number of amides is 2. The van der Waals surface area contributed by atoms with E-state index in [0.29, 0.717) is 43.6 Å². The van der Waals surface area contributed by atoms with Gasteiger partial charge in [-0.25, -0.2) is 9.78 Å². The fraction of sp³-hybridized carbons (Fsp3) is 0.364. The Hall–Kier alpha value is -3.63. The Balaban J connectivity index is 1.31. The van der Waals surface area contributed by atoms with Gasteiger partial charge in [0.2, 0.25) is 11.7 Å². The van der Waals surface area contributed by atoms with E-state index in [0.717, 1.165) is 23.5 Å². The number of halogens is 3. The average molecular weight is 460 g/mol. The van der Waals surface area contributed by atoms with E-state index in [2.05, 4.69) is 25.3 Å². The number of rotatable bonds is 4. The molecular weight excluding hydrogens is 437 g/mol. The van der Waals surface area contributed by atoms with E-state index in [1.165, 1.54) is 12.1 Å². The van der Waals surface area contributed by atoms with Gasteiger partial charge in [0.15, 0.2) is 0 Å². The van der Waals surface area contributed by atoms with E-state index in [4.69, 9.17) is 4.52 Å². The SMILES string of the molecule is CC(C)c1nc(-c2ccc(N3CCN(C(=O)Nc4ccc(C(F)(F)F)cc4)CC3)nc2)no1. The average Bonchev–Trinajstić information content (AvgIpc) is 3.30. The molecule has 1 N–H and O–H groups in total. The van der Waals surface area contributed by atoms with E-state index in [1.54, 1.807) is 11.1 Å². The first-order valence-corrected chi connectivity index (χ1v) is 10.5. The molecular formula is C22H23F3N6O2. The second-order valence-corrected chi connectivity index (χ2v) is 8.00. The highest BCUT2D eigenvalue weighted by molar-refractivity contribution is 5.89. The molecule has 11 heteroatoms. The van der Waals surface area contributed by atoms with Gasteiger partial charge in [-0.3, -0.25) is 0 Å². The normalized spacial score (nSPS) is 14.6. The maximum absolute atomic E-state index is 12.7. The van der Waals surface area contributed by atoms with Crippen LogP contribution in [0, 0.1) is 0 Å². The lowest BCUT2D eigenvalue weighted by atomic mass is 10.2. The number of hydrogen-bond donors (Lipinski definition) is 1. The molecule has 0 unspecified atom stereocenters. The molecule has 3 aromatic rings. The molecule has 33 heavy (non-hydrogen) atoms. The molecule has 1 saturated heterocycles. The Kier molecular flexibility index (Phi) is 6.21. The molecule has 8 nitrogen and oxygen atoms in total. The fourth-order valence-corrected chi connectivity index (χ4v) is 3.38. The van der Waals surface area contributed by atoms with Gasteiger partial charge >= 0.3 is 12.2 Å². The van der Waals surface area contributed by atoms with Crippen molar-refractivity contribution in [2.24, 2.45) is 0 Å². The van der Waals surface area contributed by atoms with Gasteiger partial charge in [-0.2, -0.15) is 18.2 Å². The lowest BCUT2D eigenvalue weighted by Crippen LogP contribution is -2.50. The maximum Gasteiger partial charge on any atom is 0.416 e. The zero-order valence-electron chi connectivity index (χ0n) is 18.1. The van der Waals surface area contributed by atoms with Crippen LogP contribution >= 0.6 is 0 Å². The molecule has 1 fully saturated rings. The first kappa shape index (κ1) is 22.6. The number of carbonyl (C=O) groups excluding carboxylic acids is 1. The fourth-order valence-electron chi connectivity index (χ4n) is 3.38. The Labute approximate surface area is 188 Å². The number of nitrogens with one attached hydrogen (secondary N) is 1. The highest BCUT2D eigenvalue weighted by atomic mass is 19.4. The summed E-state index contributed by atoms with van der Waals surface area (Å²) in [5.74, 6) is 1.97. The molecule has 1 aliphatic heterocycles. The lowest BCUT2D eigenvalue weighted by Gasteiger charge is -2.35. The number of nitrogens with zero attached hydrogens (tertiary/aromatic N) is 5. The molecule has 1 aliphatic rings. The Morgan fingerprint density at radius 3 is 2.30 bits per heavy atom. The van der Waals surface area contributed by atoms with Crippen molar-refractivity contribution in [2.45, 2.75) is 25.9 Å². The number of piperazine rings is 1. The second kappa shape index (κ2) is 9.08. The maximum atomic E-state index is 12.7. The summed E-state index contributed by atoms with van der Waals surface area (Å²) >= 11 is 0. The van der Waals surface area contributed by atoms with Gasteiger partial charge in [0.25, 0.3) is 0 Å². The largest absolute Gasteiger partial charge is 0.416 e. The number of aromatic nitrogens is 3. The Bertz CT molecular complexity index is 1090. The van der Waals surface area contributed by atoms with E-state index in [9.17, 15) is 18.0 Å². The van der Waals surface area contributed by atoms with E-state index < -0.39 is 11.7 Å². The monoisotopic (exact) mass is 460 g/mol. The summed E-state index contributed by atoms with van der Waals surface area (Å²) in [4.78, 5) is 25.0. The molecule has 1 aromatic carbocycles. The van der Waals surface area contributed by atoms with Crippen LogP contribution in [0.5, 0.6) is 0 Å². The number of alkyl halides is 3. The Morgan fingerprint density at radius 1 is 1.06 bits per heavy atom. The lowest BCUT2D eigenvalue weighted by molar-refractivity contribution is -0.137. The zero-order chi connectivity index (χ0) is 23.6. The Morgan fingerprint density at radius 2 is 1.76 bits per heavy atom. The van der Waals surface area contributed by atoms with Crippen molar-refractivity contribution < 1.29 is 22.5 Å². The summed E-state index contributed by atoms with van der Waals surface area (Å²) in [6.45, 7) is 6.01. The summed E-state index contributed by atoms with van der Waals surface area (Å²) in [6.07, 6.45) is -2.72. The quantitative estimate of drug-likeness (QED) is 0.611. The smallest absolute Gasteiger partial charge is 0.353 e. The molecule has 0 spiro atoms. The van der Waals surface area contributed by atoms with Gasteiger partial charge in [-0.1, -0.05) is 19.0 Å². The van der Waals surface area contributed by atoms with Crippen molar-refractivity contribution in [1.82, 2.24) is 20.0 Å². The van der Waals surface area contributed by atoms with Gasteiger partial charge in [-0.15, -0.1) is 0 Å². The molecule has 0 aliphatic carbocycles. The third-order valence-electron chi connectivity index (χ3n) is 5.30. The molecule has 174 valence electrons. The molecule has 4 rings (SSSR count). The van der Waals surface area contributed by atoms with Gasteiger partial charge in [-0.05, 0) is 36.4 Å². The number of carbonyl (C=O) groups is 1. The van der Waals surface area contributed by atoms with Gasteiger partial charge < -0.3 is 19.6 Å². The van der Waals surface area contributed by atoms with Crippen LogP contribution in [0.3, 0.4) is 0 Å². The molecule has 0 bridgehead atoms. The summed E-state index contributed by atoms with van der Waals surface area (Å²) in [5.41, 5.74) is 0.311. The molecule has 0 radical (unpaired) electrons. The third kappa shape index (κ3) is 5.24. The van der Waals surface area contributed by atoms with Gasteiger partial charge in [0.05, 0.1) is 5.56 Å². The zero-order valence-corrected chi connectivity index (χ0v) is 18.1. The van der Waals surface area contributed by atoms with Crippen LogP contribution < -0.4 is 10.2 Å². The second-order valence-electron chi connectivity index (χ2n) is 8.00. The summed E-state index contributed by atoms with van der Waals surface area (Å²) < 4.78 is 43.2. The van der Waals surface area contributed by atoms with Crippen molar-refractivity contribution in [2.75, 3.05) is 36.4 Å². The number of benzene rings is 1. The molecule has 3 heterocycles. The first-order valence-electron chi connectivity index (χ1n) is 10.5. The number of pyridine rings is 1. The van der Waals surface area contributed by atoms with Crippen molar-refractivity contribution in [3.63, 3.8) is 0 Å². The van der Waals surface area contributed by atoms with Crippen molar-refractivity contribution in [3.8, 4) is 11.4 Å². The predicted molar refractivity (Wildman–Crippen MR) is 116 cm³/mol. The van der Waals surface area contributed by atoms with Crippen molar-refractivity contribution >= 4 is 17.5 Å². The number of anilines is 2. The topological polar surface area (TPSA) is 87.4 Å². The highest BCUT2D eigenvalue weighted by Crippen LogP contribution is 2.30. The van der Waals surface area contributed by atoms with Crippen molar-refractivity contribution in [1.29, 1.82) is 0 Å². The standard InChI is InChI=1S/C22H23F3N6O2/c1-14(2)20-28-19(29-33-20)15-3-8-18(26-13-15)30-9-11-31(12-10-30)21(32)27-17-6-4-16(5-7-17)22(23,24)25/h3-8,13-14H,9-12H2,1-2H3,(H,27,32). The molecule has 2 amide bonds. The minimum Gasteiger partial charge on any atom is -0.353 e. The number of hydrogen-bond acceptors (Lipinski definition) is 6. The summed E-state index contributed by atoms with van der Waals surface area (Å²) in [5, 5.41) is 6.63. The van der Waals surface area contributed by atoms with Crippen LogP contribution in [-0.4, -0.2) is 52.2 Å². The van der Waals surface area contributed by atoms with Crippen LogP contribution in [0.2, 0.25) is 0 Å². The number of urea groups is 1.